The van der Waals surface area contributed by atoms with Crippen molar-refractivity contribution in [3.05, 3.63) is 0 Å². The summed E-state index contributed by atoms with van der Waals surface area (Å²) in [7, 11) is 1.85. The van der Waals surface area contributed by atoms with Crippen LogP contribution in [0.1, 0.15) is 66.2 Å². The molecule has 1 N–H and O–H groups in total. The van der Waals surface area contributed by atoms with Crippen LogP contribution in [0.15, 0.2) is 0 Å². The van der Waals surface area contributed by atoms with Gasteiger partial charge in [-0.2, -0.15) is 0 Å². The first-order valence-electron chi connectivity index (χ1n) is 8.24. The maximum absolute atomic E-state index is 5.55. The van der Waals surface area contributed by atoms with Crippen molar-refractivity contribution in [2.45, 2.75) is 84.4 Å². The van der Waals surface area contributed by atoms with Crippen molar-refractivity contribution in [1.82, 2.24) is 5.32 Å². The van der Waals surface area contributed by atoms with Gasteiger partial charge in [-0.15, -0.1) is 0 Å². The van der Waals surface area contributed by atoms with Gasteiger partial charge in [-0.05, 0) is 37.5 Å². The normalized spacial score (nSPS) is 38.8. The fourth-order valence-corrected chi connectivity index (χ4v) is 4.02. The molecule has 2 saturated carbocycles. The standard InChI is InChI=1S/C17H33NO/c1-12(2)13-7-6-8-14(10-9-13)18-15-11-16(19-5)17(15,3)4/h12-16,18H,6-11H2,1-5H3. The molecule has 0 spiro atoms. The van der Waals surface area contributed by atoms with E-state index in [2.05, 4.69) is 33.0 Å². The minimum absolute atomic E-state index is 0.304. The summed E-state index contributed by atoms with van der Waals surface area (Å²) >= 11 is 0. The number of hydrogen-bond acceptors (Lipinski definition) is 2. The van der Waals surface area contributed by atoms with E-state index in [0.717, 1.165) is 17.9 Å². The van der Waals surface area contributed by atoms with E-state index in [9.17, 15) is 0 Å². The van der Waals surface area contributed by atoms with Gasteiger partial charge in [0.15, 0.2) is 0 Å². The lowest BCUT2D eigenvalue weighted by molar-refractivity contribution is -0.101. The molecule has 4 unspecified atom stereocenters. The molecule has 0 radical (unpaired) electrons. The van der Waals surface area contributed by atoms with E-state index in [1.165, 1.54) is 38.5 Å². The minimum Gasteiger partial charge on any atom is -0.381 e. The summed E-state index contributed by atoms with van der Waals surface area (Å²) in [6.07, 6.45) is 8.62. The van der Waals surface area contributed by atoms with E-state index >= 15 is 0 Å². The second kappa shape index (κ2) is 6.13. The van der Waals surface area contributed by atoms with Gasteiger partial charge in [0.2, 0.25) is 0 Å². The van der Waals surface area contributed by atoms with Crippen molar-refractivity contribution in [3.63, 3.8) is 0 Å². The third-order valence-electron chi connectivity index (χ3n) is 5.86. The molecule has 0 saturated heterocycles. The fraction of sp³-hybridized carbons (Fsp3) is 1.00. The highest BCUT2D eigenvalue weighted by Gasteiger charge is 2.48. The van der Waals surface area contributed by atoms with Gasteiger partial charge in [0.1, 0.15) is 0 Å². The first-order valence-corrected chi connectivity index (χ1v) is 8.24. The summed E-state index contributed by atoms with van der Waals surface area (Å²) in [6, 6.07) is 1.39. The number of ether oxygens (including phenoxy) is 1. The Morgan fingerprint density at radius 2 is 1.84 bits per heavy atom. The van der Waals surface area contributed by atoms with Crippen LogP contribution in [0.2, 0.25) is 0 Å². The number of nitrogens with one attached hydrogen (secondary N) is 1. The summed E-state index contributed by atoms with van der Waals surface area (Å²) in [4.78, 5) is 0. The molecule has 0 aliphatic heterocycles. The van der Waals surface area contributed by atoms with E-state index in [1.54, 1.807) is 0 Å². The Balaban J connectivity index is 1.81. The molecule has 0 amide bonds. The highest BCUT2D eigenvalue weighted by atomic mass is 16.5. The molecule has 2 fully saturated rings. The fourth-order valence-electron chi connectivity index (χ4n) is 4.02. The van der Waals surface area contributed by atoms with Crippen LogP contribution < -0.4 is 5.32 Å². The molecule has 112 valence electrons. The molecule has 0 aromatic rings. The van der Waals surface area contributed by atoms with Gasteiger partial charge in [0, 0.05) is 24.6 Å². The van der Waals surface area contributed by atoms with Crippen molar-refractivity contribution in [1.29, 1.82) is 0 Å². The number of rotatable bonds is 4. The largest absolute Gasteiger partial charge is 0.381 e. The summed E-state index contributed by atoms with van der Waals surface area (Å²) in [5.74, 6) is 1.81. The van der Waals surface area contributed by atoms with Crippen LogP contribution in [0.4, 0.5) is 0 Å². The summed E-state index contributed by atoms with van der Waals surface area (Å²) in [6.45, 7) is 9.46. The number of methoxy groups -OCH3 is 1. The molecule has 2 rings (SSSR count). The lowest BCUT2D eigenvalue weighted by Crippen LogP contribution is -2.62. The van der Waals surface area contributed by atoms with Crippen LogP contribution in [0.25, 0.3) is 0 Å². The van der Waals surface area contributed by atoms with Gasteiger partial charge in [0.25, 0.3) is 0 Å². The number of hydrogen-bond donors (Lipinski definition) is 1. The van der Waals surface area contributed by atoms with Crippen LogP contribution >= 0.6 is 0 Å². The van der Waals surface area contributed by atoms with E-state index in [-0.39, 0.29) is 0 Å². The van der Waals surface area contributed by atoms with Crippen LogP contribution in [0.3, 0.4) is 0 Å². The molecule has 0 aromatic carbocycles. The highest BCUT2D eigenvalue weighted by Crippen LogP contribution is 2.43. The molecule has 2 nitrogen and oxygen atoms in total. The summed E-state index contributed by atoms with van der Waals surface area (Å²) in [5.41, 5.74) is 0.304. The molecular formula is C17H33NO. The Bertz CT molecular complexity index is 287. The van der Waals surface area contributed by atoms with Crippen LogP contribution in [0, 0.1) is 17.3 Å². The average molecular weight is 267 g/mol. The van der Waals surface area contributed by atoms with Gasteiger partial charge < -0.3 is 10.1 Å². The second-order valence-electron chi connectivity index (χ2n) is 7.71. The molecule has 2 aliphatic carbocycles. The Morgan fingerprint density at radius 1 is 1.11 bits per heavy atom. The minimum atomic E-state index is 0.304. The predicted molar refractivity (Wildman–Crippen MR) is 81.3 cm³/mol. The zero-order valence-electron chi connectivity index (χ0n) is 13.5. The van der Waals surface area contributed by atoms with E-state index in [0.29, 0.717) is 17.6 Å². The van der Waals surface area contributed by atoms with Crippen molar-refractivity contribution in [2.24, 2.45) is 17.3 Å². The van der Waals surface area contributed by atoms with Gasteiger partial charge in [-0.1, -0.05) is 40.5 Å². The third kappa shape index (κ3) is 3.33. The van der Waals surface area contributed by atoms with Crippen LogP contribution in [0.5, 0.6) is 0 Å². The monoisotopic (exact) mass is 267 g/mol. The SMILES string of the molecule is COC1CC(NC2CCCC(C(C)C)CC2)C1(C)C. The van der Waals surface area contributed by atoms with Crippen molar-refractivity contribution in [3.8, 4) is 0 Å². The molecule has 19 heavy (non-hydrogen) atoms. The summed E-state index contributed by atoms with van der Waals surface area (Å²) in [5, 5.41) is 3.93. The summed E-state index contributed by atoms with van der Waals surface area (Å²) < 4.78 is 5.55. The zero-order valence-corrected chi connectivity index (χ0v) is 13.5. The lowest BCUT2D eigenvalue weighted by Gasteiger charge is -2.52. The quantitative estimate of drug-likeness (QED) is 0.778. The average Bonchev–Trinajstić information content (AvgIpc) is 2.59. The molecule has 2 aliphatic rings. The third-order valence-corrected chi connectivity index (χ3v) is 5.86. The van der Waals surface area contributed by atoms with Crippen LogP contribution in [-0.4, -0.2) is 25.3 Å². The Labute approximate surface area is 119 Å². The molecule has 4 atom stereocenters. The van der Waals surface area contributed by atoms with E-state index < -0.39 is 0 Å². The van der Waals surface area contributed by atoms with Crippen molar-refractivity contribution >= 4 is 0 Å². The van der Waals surface area contributed by atoms with Crippen molar-refractivity contribution in [2.75, 3.05) is 7.11 Å². The van der Waals surface area contributed by atoms with Gasteiger partial charge in [-0.25, -0.2) is 0 Å². The second-order valence-corrected chi connectivity index (χ2v) is 7.71. The molecule has 0 aromatic heterocycles. The predicted octanol–water partition coefficient (Wildman–Crippen LogP) is 3.99. The van der Waals surface area contributed by atoms with E-state index in [4.69, 9.17) is 4.74 Å². The zero-order chi connectivity index (χ0) is 14.0. The molecular weight excluding hydrogens is 234 g/mol. The highest BCUT2D eigenvalue weighted by molar-refractivity contribution is 5.03. The Morgan fingerprint density at radius 3 is 2.42 bits per heavy atom. The maximum Gasteiger partial charge on any atom is 0.0652 e. The van der Waals surface area contributed by atoms with Gasteiger partial charge >= 0.3 is 0 Å². The van der Waals surface area contributed by atoms with Crippen LogP contribution in [-0.2, 0) is 4.74 Å². The Kier molecular flexibility index (Phi) is 4.94. The smallest absolute Gasteiger partial charge is 0.0652 e. The first-order chi connectivity index (χ1) is 8.95. The topological polar surface area (TPSA) is 21.3 Å². The molecule has 0 heterocycles. The van der Waals surface area contributed by atoms with Crippen molar-refractivity contribution < 1.29 is 4.74 Å². The lowest BCUT2D eigenvalue weighted by atomic mass is 9.64. The maximum atomic E-state index is 5.55. The Hall–Kier alpha value is -0.0800. The first kappa shape index (κ1) is 15.3. The van der Waals surface area contributed by atoms with Gasteiger partial charge in [-0.3, -0.25) is 0 Å². The molecule has 2 heteroatoms. The molecule has 0 bridgehead atoms. The van der Waals surface area contributed by atoms with Gasteiger partial charge in [0.05, 0.1) is 6.10 Å². The van der Waals surface area contributed by atoms with E-state index in [1.807, 2.05) is 7.11 Å².